The highest BCUT2D eigenvalue weighted by molar-refractivity contribution is 5.84. The number of rotatable bonds is 2. The quantitative estimate of drug-likeness (QED) is 0.371. The van der Waals surface area contributed by atoms with E-state index in [-0.39, 0.29) is 0 Å². The molecule has 4 unspecified atom stereocenters. The Hall–Kier alpha value is -1.18. The number of hydrogen-bond acceptors (Lipinski definition) is 6. The lowest BCUT2D eigenvalue weighted by Gasteiger charge is -2.35. The van der Waals surface area contributed by atoms with Gasteiger partial charge in [0.1, 0.15) is 12.2 Å². The van der Waals surface area contributed by atoms with E-state index in [2.05, 4.69) is 10.1 Å². The second-order valence-corrected chi connectivity index (χ2v) is 3.32. The molecule has 1 fully saturated rings. The second-order valence-electron chi connectivity index (χ2n) is 3.32. The number of aliphatic hydroxyl groups excluding tert-OH is 3. The molecule has 15 heavy (non-hydrogen) atoms. The van der Waals surface area contributed by atoms with E-state index >= 15 is 0 Å². The van der Waals surface area contributed by atoms with Crippen LogP contribution in [0.3, 0.4) is 0 Å². The summed E-state index contributed by atoms with van der Waals surface area (Å²) in [6.45, 7) is 0.585. The van der Waals surface area contributed by atoms with Gasteiger partial charge in [0.05, 0.1) is 6.61 Å². The van der Waals surface area contributed by atoms with Crippen LogP contribution < -0.4 is 5.32 Å². The van der Waals surface area contributed by atoms with Gasteiger partial charge >= 0.3 is 5.97 Å². The predicted molar refractivity (Wildman–Crippen MR) is 46.6 cm³/mol. The lowest BCUT2D eigenvalue weighted by molar-refractivity contribution is -0.189. The number of aliphatic hydroxyl groups is 3. The number of cyclic esters (lactones) is 1. The number of amides is 1. The molecule has 0 saturated carbocycles. The summed E-state index contributed by atoms with van der Waals surface area (Å²) in [6.07, 6.45) is -4.05. The summed E-state index contributed by atoms with van der Waals surface area (Å²) in [6, 6.07) is -1.29. The van der Waals surface area contributed by atoms with E-state index in [1.165, 1.54) is 6.92 Å². The van der Waals surface area contributed by atoms with Gasteiger partial charge in [0, 0.05) is 6.92 Å². The van der Waals surface area contributed by atoms with E-state index in [1.807, 2.05) is 0 Å². The maximum absolute atomic E-state index is 11.2. The molecular formula is C8H13NO6. The van der Waals surface area contributed by atoms with Gasteiger partial charge in [-0.1, -0.05) is 0 Å². The van der Waals surface area contributed by atoms with Crippen molar-refractivity contribution in [3.05, 3.63) is 0 Å². The van der Waals surface area contributed by atoms with E-state index in [9.17, 15) is 19.8 Å². The molecule has 0 bridgehead atoms. The predicted octanol–water partition coefficient (Wildman–Crippen LogP) is -2.87. The van der Waals surface area contributed by atoms with Crippen LogP contribution in [0.25, 0.3) is 0 Å². The minimum absolute atomic E-state index is 0.523. The van der Waals surface area contributed by atoms with E-state index < -0.39 is 42.8 Å². The van der Waals surface area contributed by atoms with Crippen LogP contribution in [0.15, 0.2) is 0 Å². The summed E-state index contributed by atoms with van der Waals surface area (Å²) in [5.74, 6) is -1.40. The van der Waals surface area contributed by atoms with Crippen molar-refractivity contribution in [2.45, 2.75) is 31.3 Å². The first kappa shape index (κ1) is 11.9. The number of nitrogens with one attached hydrogen (secondary N) is 1. The maximum atomic E-state index is 11.2. The first-order chi connectivity index (χ1) is 6.97. The zero-order chi connectivity index (χ0) is 11.6. The van der Waals surface area contributed by atoms with Crippen molar-refractivity contribution in [3.63, 3.8) is 0 Å². The fourth-order valence-electron chi connectivity index (χ4n) is 1.36. The molecule has 0 aromatic heterocycles. The summed E-state index contributed by atoms with van der Waals surface area (Å²) in [5.41, 5.74) is 0. The van der Waals surface area contributed by atoms with E-state index in [1.54, 1.807) is 0 Å². The molecule has 4 N–H and O–H groups in total. The largest absolute Gasteiger partial charge is 0.455 e. The second kappa shape index (κ2) is 4.56. The normalized spacial score (nSPS) is 35.9. The van der Waals surface area contributed by atoms with Crippen molar-refractivity contribution < 1.29 is 29.6 Å². The van der Waals surface area contributed by atoms with Crippen molar-refractivity contribution in [2.24, 2.45) is 0 Å². The van der Waals surface area contributed by atoms with Crippen LogP contribution >= 0.6 is 0 Å². The van der Waals surface area contributed by atoms with Crippen LogP contribution in [0.5, 0.6) is 0 Å². The highest BCUT2D eigenvalue weighted by Crippen LogP contribution is 2.16. The summed E-state index contributed by atoms with van der Waals surface area (Å²) in [5, 5.41) is 29.8. The lowest BCUT2D eigenvalue weighted by Crippen LogP contribution is -2.62. The Balaban J connectivity index is 2.74. The van der Waals surface area contributed by atoms with Crippen LogP contribution in [0.4, 0.5) is 0 Å². The van der Waals surface area contributed by atoms with Gasteiger partial charge in [-0.2, -0.15) is 0 Å². The molecule has 7 nitrogen and oxygen atoms in total. The Kier molecular flexibility index (Phi) is 3.61. The van der Waals surface area contributed by atoms with Gasteiger partial charge in [-0.3, -0.25) is 4.79 Å². The molecule has 0 aliphatic carbocycles. The topological polar surface area (TPSA) is 116 Å². The standard InChI is InChI=1S/C8H13NO6/c1-3(11)9-5-7(13)6(12)4(2-10)15-8(5)14/h4-7,10,12-13H,2H2,1H3,(H,9,11). The first-order valence-corrected chi connectivity index (χ1v) is 4.42. The summed E-state index contributed by atoms with van der Waals surface area (Å²) < 4.78 is 4.62. The number of esters is 1. The van der Waals surface area contributed by atoms with Crippen molar-refractivity contribution in [1.82, 2.24) is 5.32 Å². The molecular weight excluding hydrogens is 206 g/mol. The molecule has 7 heteroatoms. The van der Waals surface area contributed by atoms with Crippen LogP contribution in [0.1, 0.15) is 6.92 Å². The van der Waals surface area contributed by atoms with E-state index in [0.29, 0.717) is 0 Å². The van der Waals surface area contributed by atoms with Crippen molar-refractivity contribution in [1.29, 1.82) is 0 Å². The Bertz CT molecular complexity index is 268. The molecule has 1 aliphatic rings. The van der Waals surface area contributed by atoms with E-state index in [0.717, 1.165) is 0 Å². The Morgan fingerprint density at radius 3 is 2.53 bits per heavy atom. The van der Waals surface area contributed by atoms with Gasteiger partial charge < -0.3 is 25.4 Å². The molecule has 1 amide bonds. The van der Waals surface area contributed by atoms with Crippen molar-refractivity contribution in [2.75, 3.05) is 6.61 Å². The van der Waals surface area contributed by atoms with Gasteiger partial charge in [-0.25, -0.2) is 4.79 Å². The highest BCUT2D eigenvalue weighted by Gasteiger charge is 2.44. The summed E-state index contributed by atoms with van der Waals surface area (Å²) >= 11 is 0. The summed E-state index contributed by atoms with van der Waals surface area (Å²) in [4.78, 5) is 21.9. The van der Waals surface area contributed by atoms with Crippen molar-refractivity contribution >= 4 is 11.9 Å². The average molecular weight is 219 g/mol. The monoisotopic (exact) mass is 219 g/mol. The van der Waals surface area contributed by atoms with Crippen LogP contribution in [-0.4, -0.2) is 58.2 Å². The van der Waals surface area contributed by atoms with Crippen LogP contribution in [-0.2, 0) is 14.3 Å². The molecule has 0 aromatic carbocycles. The molecule has 1 aliphatic heterocycles. The molecule has 0 spiro atoms. The minimum Gasteiger partial charge on any atom is -0.455 e. The summed E-state index contributed by atoms with van der Waals surface area (Å²) in [7, 11) is 0. The third kappa shape index (κ3) is 2.44. The fourth-order valence-corrected chi connectivity index (χ4v) is 1.36. The van der Waals surface area contributed by atoms with Gasteiger partial charge in [-0.15, -0.1) is 0 Å². The van der Waals surface area contributed by atoms with Gasteiger partial charge in [0.2, 0.25) is 5.91 Å². The zero-order valence-corrected chi connectivity index (χ0v) is 8.08. The van der Waals surface area contributed by atoms with Crippen LogP contribution in [0.2, 0.25) is 0 Å². The number of ether oxygens (including phenoxy) is 1. The third-order valence-electron chi connectivity index (χ3n) is 2.13. The molecule has 0 aromatic rings. The Morgan fingerprint density at radius 2 is 2.07 bits per heavy atom. The van der Waals surface area contributed by atoms with Crippen molar-refractivity contribution in [3.8, 4) is 0 Å². The Morgan fingerprint density at radius 1 is 1.47 bits per heavy atom. The average Bonchev–Trinajstić information content (AvgIpc) is 2.18. The molecule has 1 saturated heterocycles. The van der Waals surface area contributed by atoms with Crippen LogP contribution in [0, 0.1) is 0 Å². The maximum Gasteiger partial charge on any atom is 0.331 e. The lowest BCUT2D eigenvalue weighted by atomic mass is 9.98. The van der Waals surface area contributed by atoms with E-state index in [4.69, 9.17) is 5.11 Å². The third-order valence-corrected chi connectivity index (χ3v) is 2.13. The fraction of sp³-hybridized carbons (Fsp3) is 0.750. The number of carbonyl (C=O) groups excluding carboxylic acids is 2. The molecule has 1 heterocycles. The number of hydrogen-bond donors (Lipinski definition) is 4. The first-order valence-electron chi connectivity index (χ1n) is 4.42. The molecule has 4 atom stereocenters. The van der Waals surface area contributed by atoms with Gasteiger partial charge in [-0.05, 0) is 0 Å². The Labute approximate surface area is 85.7 Å². The molecule has 1 rings (SSSR count). The van der Waals surface area contributed by atoms with Gasteiger partial charge in [0.25, 0.3) is 0 Å². The molecule has 0 radical (unpaired) electrons. The SMILES string of the molecule is CC(=O)NC1C(=O)OC(CO)C(O)C1O. The highest BCUT2D eigenvalue weighted by atomic mass is 16.6. The minimum atomic E-state index is -1.48. The van der Waals surface area contributed by atoms with Gasteiger partial charge in [0.15, 0.2) is 12.1 Å². The molecule has 86 valence electrons. The smallest absolute Gasteiger partial charge is 0.331 e. The number of carbonyl (C=O) groups is 2. The zero-order valence-electron chi connectivity index (χ0n) is 8.08.